The molecule has 8 heteroatoms. The molecule has 0 radical (unpaired) electrons. The van der Waals surface area contributed by atoms with Crippen LogP contribution in [0.4, 0.5) is 13.2 Å². The Hall–Kier alpha value is -3.81. The molecule has 0 unspecified atom stereocenters. The van der Waals surface area contributed by atoms with Gasteiger partial charge in [0.2, 0.25) is 0 Å². The number of rotatable bonds is 7. The molecule has 2 aromatic rings. The van der Waals surface area contributed by atoms with Crippen LogP contribution in [-0.2, 0) is 20.5 Å². The molecule has 0 bridgehead atoms. The summed E-state index contributed by atoms with van der Waals surface area (Å²) >= 11 is 0. The summed E-state index contributed by atoms with van der Waals surface area (Å²) in [5.74, 6) is -1.78. The number of halogens is 3. The fourth-order valence-electron chi connectivity index (χ4n) is 2.23. The van der Waals surface area contributed by atoms with Crippen LogP contribution in [0.15, 0.2) is 79.3 Å². The highest BCUT2D eigenvalue weighted by Gasteiger charge is 2.35. The largest absolute Gasteiger partial charge is 0.462 e. The molecular formula is C23H19F3O5. The number of hydrogen-bond donors (Lipinski definition) is 0. The van der Waals surface area contributed by atoms with E-state index in [4.69, 9.17) is 14.2 Å². The van der Waals surface area contributed by atoms with Crippen LogP contribution in [0.3, 0.4) is 0 Å². The van der Waals surface area contributed by atoms with Crippen molar-refractivity contribution >= 4 is 11.9 Å². The normalized spacial score (nSPS) is 11.1. The zero-order valence-electron chi connectivity index (χ0n) is 16.8. The molecular weight excluding hydrogens is 413 g/mol. The fraction of sp³-hybridized carbons (Fsp3) is 0.130. The molecule has 0 aliphatic carbocycles. The molecule has 2 aromatic carbocycles. The van der Waals surface area contributed by atoms with Crippen LogP contribution in [-0.4, -0.2) is 11.9 Å². The van der Waals surface area contributed by atoms with Gasteiger partial charge in [0.25, 0.3) is 0 Å². The summed E-state index contributed by atoms with van der Waals surface area (Å²) in [6, 6.07) is 9.56. The molecule has 0 fully saturated rings. The van der Waals surface area contributed by atoms with Gasteiger partial charge in [0.05, 0.1) is 5.56 Å². The summed E-state index contributed by atoms with van der Waals surface area (Å²) in [5, 5.41) is 0. The maximum atomic E-state index is 13.5. The number of carbonyl (C=O) groups excluding carboxylic acids is 2. The van der Waals surface area contributed by atoms with Gasteiger partial charge >= 0.3 is 18.1 Å². The van der Waals surface area contributed by atoms with Crippen molar-refractivity contribution in [1.29, 1.82) is 0 Å². The van der Waals surface area contributed by atoms with Gasteiger partial charge in [-0.1, -0.05) is 31.4 Å². The van der Waals surface area contributed by atoms with E-state index in [1.165, 1.54) is 32.0 Å². The molecule has 0 N–H and O–H groups in total. The second-order valence-corrected chi connectivity index (χ2v) is 6.48. The number of ether oxygens (including phenoxy) is 3. The number of alkyl halides is 3. The first-order chi connectivity index (χ1) is 14.5. The molecule has 0 aromatic heterocycles. The highest BCUT2D eigenvalue weighted by Crippen LogP contribution is 2.39. The highest BCUT2D eigenvalue weighted by atomic mass is 19.4. The minimum absolute atomic E-state index is 0.0174. The Morgan fingerprint density at radius 3 is 2.00 bits per heavy atom. The first kappa shape index (κ1) is 23.5. The first-order valence-corrected chi connectivity index (χ1v) is 8.86. The van der Waals surface area contributed by atoms with Gasteiger partial charge < -0.3 is 14.2 Å². The van der Waals surface area contributed by atoms with Gasteiger partial charge in [-0.05, 0) is 49.2 Å². The van der Waals surface area contributed by atoms with Gasteiger partial charge in [-0.3, -0.25) is 0 Å². The average Bonchev–Trinajstić information content (AvgIpc) is 2.70. The van der Waals surface area contributed by atoms with E-state index in [9.17, 15) is 22.8 Å². The smallest absolute Gasteiger partial charge is 0.420 e. The van der Waals surface area contributed by atoms with Crippen LogP contribution in [0.5, 0.6) is 11.5 Å². The molecule has 0 aliphatic heterocycles. The number of carbonyl (C=O) groups is 2. The second kappa shape index (κ2) is 9.80. The van der Waals surface area contributed by atoms with E-state index in [0.717, 1.165) is 24.7 Å². The lowest BCUT2D eigenvalue weighted by Crippen LogP contribution is -2.14. The zero-order valence-corrected chi connectivity index (χ0v) is 16.8. The average molecular weight is 432 g/mol. The minimum Gasteiger partial charge on any atom is -0.462 e. The fourth-order valence-corrected chi connectivity index (χ4v) is 2.23. The van der Waals surface area contributed by atoms with Gasteiger partial charge in [0, 0.05) is 11.1 Å². The van der Waals surface area contributed by atoms with Crippen LogP contribution in [0, 0.1) is 0 Å². The van der Waals surface area contributed by atoms with Crippen LogP contribution in [0.2, 0.25) is 0 Å². The van der Waals surface area contributed by atoms with Gasteiger partial charge in [-0.15, -0.1) is 0 Å². The molecule has 0 amide bonds. The molecule has 0 saturated heterocycles. The summed E-state index contributed by atoms with van der Waals surface area (Å²) in [4.78, 5) is 22.9. The molecule has 2 rings (SSSR count). The first-order valence-electron chi connectivity index (χ1n) is 8.86. The number of benzene rings is 2. The third kappa shape index (κ3) is 6.60. The minimum atomic E-state index is -4.73. The van der Waals surface area contributed by atoms with Gasteiger partial charge in [0.1, 0.15) is 24.0 Å². The SMILES string of the molecule is C=C(C)C(=O)OC=COc1ccc(-c2ccc(OC(=O)C(=C)C)c(C(F)(F)F)c2)cc1. The van der Waals surface area contributed by atoms with Crippen molar-refractivity contribution in [1.82, 2.24) is 0 Å². The highest BCUT2D eigenvalue weighted by molar-refractivity contribution is 5.89. The van der Waals surface area contributed by atoms with Gasteiger partial charge in [0.15, 0.2) is 0 Å². The molecule has 0 heterocycles. The molecule has 162 valence electrons. The quantitative estimate of drug-likeness (QED) is 0.239. The van der Waals surface area contributed by atoms with E-state index in [0.29, 0.717) is 11.3 Å². The van der Waals surface area contributed by atoms with Crippen molar-refractivity contribution in [3.8, 4) is 22.6 Å². The summed E-state index contributed by atoms with van der Waals surface area (Å²) in [7, 11) is 0. The Kier molecular flexibility index (Phi) is 7.42. The van der Waals surface area contributed by atoms with Crippen LogP contribution >= 0.6 is 0 Å². The van der Waals surface area contributed by atoms with E-state index < -0.39 is 29.4 Å². The summed E-state index contributed by atoms with van der Waals surface area (Å²) in [6.07, 6.45) is -2.54. The molecule has 5 nitrogen and oxygen atoms in total. The van der Waals surface area contributed by atoms with Gasteiger partial charge in [-0.25, -0.2) is 9.59 Å². The molecule has 31 heavy (non-hydrogen) atoms. The Morgan fingerprint density at radius 2 is 1.45 bits per heavy atom. The lowest BCUT2D eigenvalue weighted by molar-refractivity contribution is -0.141. The van der Waals surface area contributed by atoms with Crippen molar-refractivity contribution in [2.45, 2.75) is 20.0 Å². The van der Waals surface area contributed by atoms with Crippen LogP contribution in [0.1, 0.15) is 19.4 Å². The number of esters is 2. The van der Waals surface area contributed by atoms with Gasteiger partial charge in [-0.2, -0.15) is 13.2 Å². The Balaban J connectivity index is 2.19. The van der Waals surface area contributed by atoms with Crippen molar-refractivity contribution < 1.29 is 37.0 Å². The topological polar surface area (TPSA) is 61.8 Å². The Bertz CT molecular complexity index is 1030. The van der Waals surface area contributed by atoms with E-state index in [1.54, 1.807) is 12.1 Å². The maximum absolute atomic E-state index is 13.5. The van der Waals surface area contributed by atoms with E-state index in [1.807, 2.05) is 0 Å². The van der Waals surface area contributed by atoms with Crippen LogP contribution < -0.4 is 9.47 Å². The second-order valence-electron chi connectivity index (χ2n) is 6.48. The molecule has 0 atom stereocenters. The zero-order chi connectivity index (χ0) is 23.2. The Labute approximate surface area is 177 Å². The van der Waals surface area contributed by atoms with Crippen molar-refractivity contribution in [3.63, 3.8) is 0 Å². The van der Waals surface area contributed by atoms with E-state index in [2.05, 4.69) is 13.2 Å². The van der Waals surface area contributed by atoms with Crippen molar-refractivity contribution in [2.75, 3.05) is 0 Å². The predicted molar refractivity (Wildman–Crippen MR) is 108 cm³/mol. The molecule has 0 saturated carbocycles. The maximum Gasteiger partial charge on any atom is 0.420 e. The standard InChI is InChI=1S/C23H19F3O5/c1-14(2)21(27)30-12-11-29-18-8-5-16(6-9-18)17-7-10-20(31-22(28)15(3)4)19(13-17)23(24,25)26/h5-13H,1,3H2,2,4H3. The predicted octanol–water partition coefficient (Wildman–Crippen LogP) is 5.82. The van der Waals surface area contributed by atoms with Crippen LogP contribution in [0.25, 0.3) is 11.1 Å². The third-order valence-electron chi connectivity index (χ3n) is 3.81. The monoisotopic (exact) mass is 432 g/mol. The Morgan fingerprint density at radius 1 is 0.871 bits per heavy atom. The summed E-state index contributed by atoms with van der Waals surface area (Å²) in [5.41, 5.74) is -0.126. The number of hydrogen-bond acceptors (Lipinski definition) is 5. The third-order valence-corrected chi connectivity index (χ3v) is 3.81. The molecule has 0 aliphatic rings. The van der Waals surface area contributed by atoms with E-state index in [-0.39, 0.29) is 16.7 Å². The lowest BCUT2D eigenvalue weighted by atomic mass is 10.0. The lowest BCUT2D eigenvalue weighted by Gasteiger charge is -2.14. The van der Waals surface area contributed by atoms with E-state index >= 15 is 0 Å². The van der Waals surface area contributed by atoms with Crippen molar-refractivity contribution in [3.05, 3.63) is 84.9 Å². The summed E-state index contributed by atoms with van der Waals surface area (Å²) in [6.45, 7) is 9.63. The summed E-state index contributed by atoms with van der Waals surface area (Å²) < 4.78 is 55.2. The van der Waals surface area contributed by atoms with Crippen molar-refractivity contribution in [2.24, 2.45) is 0 Å². The molecule has 0 spiro atoms.